The lowest BCUT2D eigenvalue weighted by atomic mass is 10.2. The normalized spacial score (nSPS) is 11.4. The molecular weight excluding hydrogens is 264 g/mol. The Labute approximate surface area is 129 Å². The summed E-state index contributed by atoms with van der Waals surface area (Å²) in [7, 11) is 0. The van der Waals surface area contributed by atoms with E-state index in [1.165, 1.54) is 62.2 Å². The van der Waals surface area contributed by atoms with Crippen molar-refractivity contribution in [3.8, 4) is 0 Å². The fourth-order valence-corrected chi connectivity index (χ4v) is 3.19. The third-order valence-corrected chi connectivity index (χ3v) is 4.76. The number of unbranched alkanes of at least 4 members (excludes halogenated alkanes) is 2. The lowest BCUT2D eigenvalue weighted by Gasteiger charge is -2.21. The molecule has 116 valence electrons. The molecule has 1 heterocycles. The predicted octanol–water partition coefficient (Wildman–Crippen LogP) is 4.44. The summed E-state index contributed by atoms with van der Waals surface area (Å²) < 4.78 is 0. The van der Waals surface area contributed by atoms with Gasteiger partial charge in [0.2, 0.25) is 0 Å². The summed E-state index contributed by atoms with van der Waals surface area (Å²) in [4.78, 5) is 4.13. The van der Waals surface area contributed by atoms with Gasteiger partial charge in [-0.15, -0.1) is 11.3 Å². The van der Waals surface area contributed by atoms with Crippen molar-refractivity contribution in [2.45, 2.75) is 59.4 Å². The van der Waals surface area contributed by atoms with Crippen molar-refractivity contribution in [1.29, 1.82) is 0 Å². The van der Waals surface area contributed by atoms with Crippen molar-refractivity contribution in [3.63, 3.8) is 0 Å². The Morgan fingerprint density at radius 2 is 1.70 bits per heavy atom. The molecule has 0 aromatic carbocycles. The summed E-state index contributed by atoms with van der Waals surface area (Å²) in [6.07, 6.45) is 6.55. The lowest BCUT2D eigenvalue weighted by molar-refractivity contribution is 0.261. The maximum Gasteiger partial charge on any atom is 0.0302 e. The van der Waals surface area contributed by atoms with Crippen LogP contribution in [0.1, 0.15) is 56.4 Å². The van der Waals surface area contributed by atoms with Gasteiger partial charge in [0, 0.05) is 11.4 Å². The first-order valence-electron chi connectivity index (χ1n) is 8.24. The van der Waals surface area contributed by atoms with Crippen molar-refractivity contribution in [2.24, 2.45) is 0 Å². The molecule has 0 saturated heterocycles. The van der Waals surface area contributed by atoms with E-state index in [0.717, 1.165) is 13.1 Å². The zero-order valence-electron chi connectivity index (χ0n) is 13.6. The highest BCUT2D eigenvalue weighted by molar-refractivity contribution is 7.10. The molecule has 3 heteroatoms. The molecule has 0 fully saturated rings. The maximum atomic E-state index is 3.58. The van der Waals surface area contributed by atoms with Crippen LogP contribution in [0.2, 0.25) is 0 Å². The van der Waals surface area contributed by atoms with E-state index in [9.17, 15) is 0 Å². The second-order valence-corrected chi connectivity index (χ2v) is 6.61. The highest BCUT2D eigenvalue weighted by Gasteiger charge is 2.03. The van der Waals surface area contributed by atoms with Gasteiger partial charge in [0.15, 0.2) is 0 Å². The van der Waals surface area contributed by atoms with Crippen LogP contribution >= 0.6 is 11.3 Å². The molecule has 1 rings (SSSR count). The molecule has 0 aliphatic heterocycles. The first kappa shape index (κ1) is 17.7. The van der Waals surface area contributed by atoms with Crippen LogP contribution in [0.4, 0.5) is 0 Å². The van der Waals surface area contributed by atoms with Crippen LogP contribution in [0.25, 0.3) is 0 Å². The third kappa shape index (κ3) is 7.41. The second-order valence-electron chi connectivity index (χ2n) is 5.61. The molecule has 0 amide bonds. The molecule has 2 nitrogen and oxygen atoms in total. The molecule has 0 unspecified atom stereocenters. The Hall–Kier alpha value is -0.380. The van der Waals surface area contributed by atoms with Gasteiger partial charge in [-0.05, 0) is 69.4 Å². The minimum absolute atomic E-state index is 1.04. The summed E-state index contributed by atoms with van der Waals surface area (Å²) in [5, 5.41) is 5.76. The largest absolute Gasteiger partial charge is 0.312 e. The lowest BCUT2D eigenvalue weighted by Crippen LogP contribution is -2.29. The van der Waals surface area contributed by atoms with E-state index in [1.54, 1.807) is 0 Å². The smallest absolute Gasteiger partial charge is 0.0302 e. The van der Waals surface area contributed by atoms with E-state index >= 15 is 0 Å². The molecule has 20 heavy (non-hydrogen) atoms. The SMILES string of the molecule is CCCCN(CCCC)CCCNCc1sccc1C. The standard InChI is InChI=1S/C17H32N2S/c1-4-6-11-19(12-7-5-2)13-8-10-18-15-17-16(3)9-14-20-17/h9,14,18H,4-8,10-13,15H2,1-3H3. The number of hydrogen-bond donors (Lipinski definition) is 1. The van der Waals surface area contributed by atoms with E-state index in [1.807, 2.05) is 11.3 Å². The molecule has 0 aliphatic carbocycles. The fourth-order valence-electron chi connectivity index (χ4n) is 2.31. The number of nitrogens with one attached hydrogen (secondary N) is 1. The summed E-state index contributed by atoms with van der Waals surface area (Å²) in [6, 6.07) is 2.21. The molecule has 1 N–H and O–H groups in total. The molecule has 0 aliphatic rings. The Morgan fingerprint density at radius 1 is 1.05 bits per heavy atom. The van der Waals surface area contributed by atoms with Crippen LogP contribution in [-0.4, -0.2) is 31.1 Å². The topological polar surface area (TPSA) is 15.3 Å². The zero-order chi connectivity index (χ0) is 14.6. The van der Waals surface area contributed by atoms with Gasteiger partial charge < -0.3 is 10.2 Å². The maximum absolute atomic E-state index is 3.58. The molecule has 0 bridgehead atoms. The van der Waals surface area contributed by atoms with E-state index in [-0.39, 0.29) is 0 Å². The summed E-state index contributed by atoms with van der Waals surface area (Å²) in [5.41, 5.74) is 1.43. The van der Waals surface area contributed by atoms with E-state index < -0.39 is 0 Å². The summed E-state index contributed by atoms with van der Waals surface area (Å²) in [6.45, 7) is 12.7. The van der Waals surface area contributed by atoms with Gasteiger partial charge in [0.05, 0.1) is 0 Å². The summed E-state index contributed by atoms with van der Waals surface area (Å²) >= 11 is 1.86. The number of rotatable bonds is 12. The molecule has 0 radical (unpaired) electrons. The van der Waals surface area contributed by atoms with Gasteiger partial charge in [0.25, 0.3) is 0 Å². The van der Waals surface area contributed by atoms with Gasteiger partial charge >= 0.3 is 0 Å². The molecule has 1 aromatic rings. The quantitative estimate of drug-likeness (QED) is 0.574. The summed E-state index contributed by atoms with van der Waals surface area (Å²) in [5.74, 6) is 0. The van der Waals surface area contributed by atoms with Crippen LogP contribution in [0.15, 0.2) is 11.4 Å². The molecule has 0 spiro atoms. The Balaban J connectivity index is 2.11. The van der Waals surface area contributed by atoms with Crippen LogP contribution in [0.3, 0.4) is 0 Å². The molecular formula is C17H32N2S. The Morgan fingerprint density at radius 3 is 2.25 bits per heavy atom. The number of nitrogens with zero attached hydrogens (tertiary/aromatic N) is 1. The van der Waals surface area contributed by atoms with Crippen LogP contribution in [0.5, 0.6) is 0 Å². The monoisotopic (exact) mass is 296 g/mol. The minimum Gasteiger partial charge on any atom is -0.312 e. The van der Waals surface area contributed by atoms with Gasteiger partial charge in [-0.1, -0.05) is 26.7 Å². The van der Waals surface area contributed by atoms with E-state index in [4.69, 9.17) is 0 Å². The number of aryl methyl sites for hydroxylation is 1. The van der Waals surface area contributed by atoms with Crippen molar-refractivity contribution < 1.29 is 0 Å². The van der Waals surface area contributed by atoms with Crippen molar-refractivity contribution >= 4 is 11.3 Å². The van der Waals surface area contributed by atoms with Gasteiger partial charge in [0.1, 0.15) is 0 Å². The van der Waals surface area contributed by atoms with Crippen LogP contribution < -0.4 is 5.32 Å². The number of hydrogen-bond acceptors (Lipinski definition) is 3. The molecule has 1 aromatic heterocycles. The molecule has 0 saturated carbocycles. The number of thiophene rings is 1. The van der Waals surface area contributed by atoms with E-state index in [0.29, 0.717) is 0 Å². The van der Waals surface area contributed by atoms with Crippen LogP contribution in [-0.2, 0) is 6.54 Å². The first-order chi connectivity index (χ1) is 9.77. The second kappa shape index (κ2) is 11.3. The van der Waals surface area contributed by atoms with Gasteiger partial charge in [-0.2, -0.15) is 0 Å². The van der Waals surface area contributed by atoms with Crippen molar-refractivity contribution in [2.75, 3.05) is 26.2 Å². The first-order valence-corrected chi connectivity index (χ1v) is 9.12. The average molecular weight is 297 g/mol. The van der Waals surface area contributed by atoms with Crippen LogP contribution in [0, 0.1) is 6.92 Å². The average Bonchev–Trinajstić information content (AvgIpc) is 2.86. The third-order valence-electron chi connectivity index (χ3n) is 3.74. The van der Waals surface area contributed by atoms with Gasteiger partial charge in [-0.25, -0.2) is 0 Å². The molecule has 0 atom stereocenters. The zero-order valence-corrected chi connectivity index (χ0v) is 14.4. The van der Waals surface area contributed by atoms with E-state index in [2.05, 4.69) is 42.4 Å². The highest BCUT2D eigenvalue weighted by Crippen LogP contribution is 2.14. The fraction of sp³-hybridized carbons (Fsp3) is 0.765. The van der Waals surface area contributed by atoms with Gasteiger partial charge in [-0.3, -0.25) is 0 Å². The Kier molecular flexibility index (Phi) is 9.98. The Bertz CT molecular complexity index is 327. The minimum atomic E-state index is 1.04. The highest BCUT2D eigenvalue weighted by atomic mass is 32.1. The van der Waals surface area contributed by atoms with Crippen molar-refractivity contribution in [3.05, 3.63) is 21.9 Å². The van der Waals surface area contributed by atoms with Crippen molar-refractivity contribution in [1.82, 2.24) is 10.2 Å². The predicted molar refractivity (Wildman–Crippen MR) is 91.6 cm³/mol.